The van der Waals surface area contributed by atoms with Crippen molar-refractivity contribution in [1.82, 2.24) is 5.43 Å². The normalized spacial score (nSPS) is 11.0. The van der Waals surface area contributed by atoms with E-state index in [2.05, 4.69) is 31.8 Å². The second kappa shape index (κ2) is 9.86. The van der Waals surface area contributed by atoms with Gasteiger partial charge >= 0.3 is 17.8 Å². The first-order valence-corrected chi connectivity index (χ1v) is 9.90. The number of hydrogen-bond donors (Lipinski definition) is 2. The van der Waals surface area contributed by atoms with Gasteiger partial charge in [0.25, 0.3) is 0 Å². The molecule has 0 saturated heterocycles. The van der Waals surface area contributed by atoms with E-state index in [1.807, 2.05) is 13.0 Å². The first-order valence-electron chi connectivity index (χ1n) is 9.11. The number of halogens is 1. The molecule has 0 aliphatic carbocycles. The van der Waals surface area contributed by atoms with Crippen molar-refractivity contribution in [3.05, 3.63) is 82.2 Å². The lowest BCUT2D eigenvalue weighted by molar-refractivity contribution is -0.136. The molecule has 0 spiro atoms. The number of hydrazone groups is 1. The van der Waals surface area contributed by atoms with E-state index >= 15 is 0 Å². The molecule has 0 atom stereocenters. The summed E-state index contributed by atoms with van der Waals surface area (Å²) in [5, 5.41) is 6.49. The maximum absolute atomic E-state index is 12.1. The molecule has 8 nitrogen and oxygen atoms in total. The molecule has 2 aromatic carbocycles. The van der Waals surface area contributed by atoms with Gasteiger partial charge < -0.3 is 14.5 Å². The van der Waals surface area contributed by atoms with Crippen LogP contribution in [-0.4, -0.2) is 23.5 Å². The zero-order valence-electron chi connectivity index (χ0n) is 16.6. The van der Waals surface area contributed by atoms with E-state index in [1.54, 1.807) is 49.4 Å². The Morgan fingerprint density at radius 3 is 2.42 bits per heavy atom. The maximum Gasteiger partial charge on any atom is 0.379 e. The molecule has 3 rings (SSSR count). The lowest BCUT2D eigenvalue weighted by Gasteiger charge is -2.08. The predicted octanol–water partition coefficient (Wildman–Crippen LogP) is 4.05. The second-order valence-corrected chi connectivity index (χ2v) is 7.36. The van der Waals surface area contributed by atoms with Crippen molar-refractivity contribution < 1.29 is 23.5 Å². The highest BCUT2D eigenvalue weighted by Crippen LogP contribution is 2.20. The second-order valence-electron chi connectivity index (χ2n) is 6.44. The minimum absolute atomic E-state index is 0.0983. The molecule has 9 heteroatoms. The lowest BCUT2D eigenvalue weighted by Crippen LogP contribution is -2.33. The Morgan fingerprint density at radius 1 is 1.03 bits per heavy atom. The molecule has 3 aromatic rings. The van der Waals surface area contributed by atoms with E-state index in [4.69, 9.17) is 9.15 Å². The molecule has 31 heavy (non-hydrogen) atoms. The van der Waals surface area contributed by atoms with Crippen molar-refractivity contribution in [2.24, 2.45) is 5.10 Å². The first kappa shape index (κ1) is 22.0. The molecule has 0 aliphatic rings. The van der Waals surface area contributed by atoms with E-state index in [-0.39, 0.29) is 5.76 Å². The SMILES string of the molecule is C/C(=N\NC(=O)C(=O)Nc1ccc(Br)cc1C)c1ccc(OC(=O)c2ccco2)cc1. The molecule has 1 heterocycles. The summed E-state index contributed by atoms with van der Waals surface area (Å²) < 4.78 is 11.1. The summed E-state index contributed by atoms with van der Waals surface area (Å²) in [6.45, 7) is 3.48. The summed E-state index contributed by atoms with van der Waals surface area (Å²) in [5.74, 6) is -1.91. The van der Waals surface area contributed by atoms with Crippen LogP contribution in [0.4, 0.5) is 5.69 Å². The summed E-state index contributed by atoms with van der Waals surface area (Å²) in [6.07, 6.45) is 1.38. The number of furan rings is 1. The number of carbonyl (C=O) groups excluding carboxylic acids is 3. The highest BCUT2D eigenvalue weighted by Gasteiger charge is 2.15. The monoisotopic (exact) mass is 483 g/mol. The Labute approximate surface area is 186 Å². The number of carbonyl (C=O) groups is 3. The van der Waals surface area contributed by atoms with Crippen LogP contribution < -0.4 is 15.5 Å². The summed E-state index contributed by atoms with van der Waals surface area (Å²) in [7, 11) is 0. The van der Waals surface area contributed by atoms with Crippen LogP contribution in [0.2, 0.25) is 0 Å². The van der Waals surface area contributed by atoms with Gasteiger partial charge in [-0.15, -0.1) is 0 Å². The van der Waals surface area contributed by atoms with Crippen LogP contribution in [0.1, 0.15) is 28.6 Å². The fourth-order valence-electron chi connectivity index (χ4n) is 2.51. The smallest absolute Gasteiger partial charge is 0.379 e. The topological polar surface area (TPSA) is 110 Å². The van der Waals surface area contributed by atoms with Crippen molar-refractivity contribution in [2.75, 3.05) is 5.32 Å². The minimum atomic E-state index is -0.898. The number of esters is 1. The Kier molecular flexibility index (Phi) is 6.99. The molecule has 1 aromatic heterocycles. The van der Waals surface area contributed by atoms with Gasteiger partial charge in [0.2, 0.25) is 5.76 Å². The van der Waals surface area contributed by atoms with Crippen molar-refractivity contribution >= 4 is 45.1 Å². The number of rotatable bonds is 5. The molecule has 0 unspecified atom stereocenters. The number of benzene rings is 2. The molecular formula is C22H18BrN3O5. The minimum Gasteiger partial charge on any atom is -0.457 e. The van der Waals surface area contributed by atoms with E-state index in [1.165, 1.54) is 12.3 Å². The molecule has 0 aliphatic heterocycles. The van der Waals surface area contributed by atoms with Crippen LogP contribution >= 0.6 is 15.9 Å². The third-order valence-corrected chi connectivity index (χ3v) is 4.67. The third-order valence-electron chi connectivity index (χ3n) is 4.17. The van der Waals surface area contributed by atoms with Crippen LogP contribution in [0.25, 0.3) is 0 Å². The number of ether oxygens (including phenoxy) is 1. The lowest BCUT2D eigenvalue weighted by atomic mass is 10.1. The zero-order valence-corrected chi connectivity index (χ0v) is 18.2. The zero-order chi connectivity index (χ0) is 22.4. The predicted molar refractivity (Wildman–Crippen MR) is 118 cm³/mol. The van der Waals surface area contributed by atoms with Gasteiger partial charge in [0.05, 0.1) is 12.0 Å². The van der Waals surface area contributed by atoms with E-state index in [0.29, 0.717) is 22.7 Å². The Morgan fingerprint density at radius 2 is 1.77 bits per heavy atom. The number of nitrogens with one attached hydrogen (secondary N) is 2. The first-order chi connectivity index (χ1) is 14.8. The quantitative estimate of drug-likeness (QED) is 0.187. The van der Waals surface area contributed by atoms with Crippen molar-refractivity contribution in [3.63, 3.8) is 0 Å². The van der Waals surface area contributed by atoms with Gasteiger partial charge in [0, 0.05) is 10.2 Å². The molecule has 2 N–H and O–H groups in total. The van der Waals surface area contributed by atoms with Gasteiger partial charge in [-0.25, -0.2) is 10.2 Å². The van der Waals surface area contributed by atoms with Gasteiger partial charge in [-0.1, -0.05) is 15.9 Å². The van der Waals surface area contributed by atoms with Gasteiger partial charge in [0.1, 0.15) is 5.75 Å². The van der Waals surface area contributed by atoms with Gasteiger partial charge in [-0.3, -0.25) is 9.59 Å². The average Bonchev–Trinajstić information content (AvgIpc) is 3.29. The van der Waals surface area contributed by atoms with Crippen LogP contribution in [0.3, 0.4) is 0 Å². The Bertz CT molecular complexity index is 1140. The molecule has 0 radical (unpaired) electrons. The largest absolute Gasteiger partial charge is 0.457 e. The number of anilines is 1. The molecule has 0 fully saturated rings. The highest BCUT2D eigenvalue weighted by atomic mass is 79.9. The average molecular weight is 484 g/mol. The van der Waals surface area contributed by atoms with Crippen molar-refractivity contribution in [1.29, 1.82) is 0 Å². The molecule has 2 amide bonds. The maximum atomic E-state index is 12.1. The Balaban J connectivity index is 1.57. The molecule has 0 saturated carbocycles. The van der Waals surface area contributed by atoms with Gasteiger partial charge in [-0.05, 0) is 79.6 Å². The Hall–Kier alpha value is -3.72. The van der Waals surface area contributed by atoms with Crippen LogP contribution in [0, 0.1) is 6.92 Å². The molecule has 158 valence electrons. The number of amides is 2. The summed E-state index contributed by atoms with van der Waals surface area (Å²) in [4.78, 5) is 36.0. The van der Waals surface area contributed by atoms with Gasteiger partial charge in [-0.2, -0.15) is 5.10 Å². The van der Waals surface area contributed by atoms with Crippen LogP contribution in [0.5, 0.6) is 5.75 Å². The standard InChI is InChI=1S/C22H18BrN3O5/c1-13-12-16(23)7-10-18(13)24-20(27)21(28)26-25-14(2)15-5-8-17(9-6-15)31-22(29)19-4-3-11-30-19/h3-12H,1-2H3,(H,24,27)(H,26,28)/b25-14+. The van der Waals surface area contributed by atoms with Gasteiger partial charge in [0.15, 0.2) is 0 Å². The van der Waals surface area contributed by atoms with E-state index in [9.17, 15) is 14.4 Å². The summed E-state index contributed by atoms with van der Waals surface area (Å²) in [5.41, 5.74) is 4.70. The molecular weight excluding hydrogens is 466 g/mol. The van der Waals surface area contributed by atoms with E-state index < -0.39 is 17.8 Å². The van der Waals surface area contributed by atoms with E-state index in [0.717, 1.165) is 10.0 Å². The third kappa shape index (κ3) is 5.89. The summed E-state index contributed by atoms with van der Waals surface area (Å²) >= 11 is 3.34. The fourth-order valence-corrected chi connectivity index (χ4v) is 2.99. The fraction of sp³-hybridized carbons (Fsp3) is 0.0909. The van der Waals surface area contributed by atoms with Crippen LogP contribution in [-0.2, 0) is 9.59 Å². The summed E-state index contributed by atoms with van der Waals surface area (Å²) in [6, 6.07) is 14.9. The van der Waals surface area contributed by atoms with Crippen LogP contribution in [0.15, 0.2) is 74.9 Å². The number of nitrogens with zero attached hydrogens (tertiary/aromatic N) is 1. The molecule has 0 bridgehead atoms. The number of aryl methyl sites for hydroxylation is 1. The number of hydrogen-bond acceptors (Lipinski definition) is 6. The highest BCUT2D eigenvalue weighted by molar-refractivity contribution is 9.10. The van der Waals surface area contributed by atoms with Crippen molar-refractivity contribution in [3.8, 4) is 5.75 Å². The van der Waals surface area contributed by atoms with Crippen molar-refractivity contribution in [2.45, 2.75) is 13.8 Å².